The number of amides is 3. The Labute approximate surface area is 206 Å². The minimum Gasteiger partial charge on any atom is -0.370 e. The van der Waals surface area contributed by atoms with Crippen LogP contribution in [0.25, 0.3) is 0 Å². The number of carbonyl (C=O) groups excluding carboxylic acids is 2. The number of urea groups is 1. The largest absolute Gasteiger partial charge is 0.416 e. The van der Waals surface area contributed by atoms with Gasteiger partial charge in [0, 0.05) is 44.0 Å². The maximum absolute atomic E-state index is 13.3. The lowest BCUT2D eigenvalue weighted by molar-refractivity contribution is -0.137. The third-order valence-corrected chi connectivity index (χ3v) is 7.31. The van der Waals surface area contributed by atoms with Gasteiger partial charge in [-0.2, -0.15) is 13.2 Å². The van der Waals surface area contributed by atoms with Gasteiger partial charge in [0.15, 0.2) is 0 Å². The Bertz CT molecular complexity index is 1070. The number of nitrogens with zero attached hydrogens (tertiary/aromatic N) is 3. The van der Waals surface area contributed by atoms with Crippen LogP contribution in [0.4, 0.5) is 29.3 Å². The number of halogens is 3. The molecule has 35 heavy (non-hydrogen) atoms. The van der Waals surface area contributed by atoms with E-state index in [1.165, 1.54) is 17.4 Å². The quantitative estimate of drug-likeness (QED) is 0.534. The summed E-state index contributed by atoms with van der Waals surface area (Å²) in [7, 11) is 0. The van der Waals surface area contributed by atoms with Crippen LogP contribution in [0.2, 0.25) is 0 Å². The first-order valence-electron chi connectivity index (χ1n) is 11.6. The summed E-state index contributed by atoms with van der Waals surface area (Å²) >= 11 is 1.36. The van der Waals surface area contributed by atoms with E-state index in [1.54, 1.807) is 16.4 Å². The first-order chi connectivity index (χ1) is 16.8. The minimum absolute atomic E-state index is 0.124. The molecule has 3 heterocycles. The lowest BCUT2D eigenvalue weighted by atomic mass is 9.98. The second kappa shape index (κ2) is 10.7. The number of rotatable bonds is 6. The average molecular weight is 508 g/mol. The molecule has 0 unspecified atom stereocenters. The molecule has 2 N–H and O–H groups in total. The van der Waals surface area contributed by atoms with E-state index in [9.17, 15) is 22.8 Å². The fourth-order valence-corrected chi connectivity index (χ4v) is 5.38. The monoisotopic (exact) mass is 507 g/mol. The molecule has 0 atom stereocenters. The smallest absolute Gasteiger partial charge is 0.370 e. The van der Waals surface area contributed by atoms with Crippen molar-refractivity contribution in [1.29, 1.82) is 0 Å². The number of hydrogen-bond donors (Lipinski definition) is 2. The van der Waals surface area contributed by atoms with Gasteiger partial charge in [0.25, 0.3) is 5.91 Å². The van der Waals surface area contributed by atoms with Crippen molar-refractivity contribution in [3.05, 3.63) is 52.5 Å². The molecule has 0 aliphatic carbocycles. The maximum Gasteiger partial charge on any atom is 0.416 e. The van der Waals surface area contributed by atoms with E-state index >= 15 is 0 Å². The number of alkyl halides is 3. The second-order valence-corrected chi connectivity index (χ2v) is 9.57. The molecule has 7 nitrogen and oxygen atoms in total. The zero-order valence-electron chi connectivity index (χ0n) is 19.2. The van der Waals surface area contributed by atoms with E-state index in [0.717, 1.165) is 55.9 Å². The topological polar surface area (TPSA) is 77.6 Å². The molecule has 1 aromatic heterocycles. The van der Waals surface area contributed by atoms with Crippen molar-refractivity contribution >= 4 is 34.6 Å². The van der Waals surface area contributed by atoms with E-state index in [1.807, 2.05) is 4.90 Å². The molecule has 0 spiro atoms. The molecule has 0 saturated carbocycles. The number of anilines is 2. The van der Waals surface area contributed by atoms with Crippen LogP contribution in [-0.2, 0) is 6.18 Å². The molecule has 0 radical (unpaired) electrons. The van der Waals surface area contributed by atoms with Gasteiger partial charge in [-0.05, 0) is 43.9 Å². The van der Waals surface area contributed by atoms with Crippen LogP contribution in [-0.4, -0.2) is 54.5 Å². The van der Waals surface area contributed by atoms with Gasteiger partial charge in [-0.25, -0.2) is 9.78 Å². The van der Waals surface area contributed by atoms with Gasteiger partial charge in [0.05, 0.1) is 21.9 Å². The Balaban J connectivity index is 1.44. The van der Waals surface area contributed by atoms with Crippen molar-refractivity contribution in [2.45, 2.75) is 37.8 Å². The average Bonchev–Trinajstić information content (AvgIpc) is 3.55. The summed E-state index contributed by atoms with van der Waals surface area (Å²) in [6.45, 7) is 6.63. The van der Waals surface area contributed by atoms with Crippen molar-refractivity contribution in [2.75, 3.05) is 42.9 Å². The number of carbonyl (C=O) groups is 2. The van der Waals surface area contributed by atoms with Crippen LogP contribution in [0.15, 0.2) is 36.2 Å². The first-order valence-corrected chi connectivity index (χ1v) is 12.5. The predicted octanol–water partition coefficient (Wildman–Crippen LogP) is 5.09. The third kappa shape index (κ3) is 5.95. The van der Waals surface area contributed by atoms with E-state index in [4.69, 9.17) is 0 Å². The highest BCUT2D eigenvalue weighted by atomic mass is 32.1. The summed E-state index contributed by atoms with van der Waals surface area (Å²) in [5.74, 6) is -0.410. The summed E-state index contributed by atoms with van der Waals surface area (Å²) in [6.07, 6.45) is 0.483. The fourth-order valence-electron chi connectivity index (χ4n) is 4.41. The highest BCUT2D eigenvalue weighted by Crippen LogP contribution is 2.37. The molecule has 4 rings (SSSR count). The van der Waals surface area contributed by atoms with Crippen LogP contribution in [0.1, 0.15) is 52.7 Å². The molecular formula is C24H28F3N5O2S. The predicted molar refractivity (Wildman–Crippen MR) is 130 cm³/mol. The standard InChI is InChI=1S/C24H28F3N5O2S/c1-2-9-28-23(34)32-12-7-16(8-13-32)22-30-19(15-35-22)21(33)29-18-14-17(24(25,26)27)5-6-20(18)31-10-3-4-11-31/h2,5-6,14-16H,1,3-4,7-13H2,(H,28,34)(H,29,33). The molecule has 1 aromatic carbocycles. The van der Waals surface area contributed by atoms with Crippen molar-refractivity contribution < 1.29 is 22.8 Å². The van der Waals surface area contributed by atoms with Gasteiger partial charge >= 0.3 is 12.2 Å². The zero-order chi connectivity index (χ0) is 25.0. The lowest BCUT2D eigenvalue weighted by Gasteiger charge is -2.31. The minimum atomic E-state index is -4.51. The molecular weight excluding hydrogens is 479 g/mol. The molecule has 188 valence electrons. The lowest BCUT2D eigenvalue weighted by Crippen LogP contribution is -2.44. The maximum atomic E-state index is 13.3. The van der Waals surface area contributed by atoms with Gasteiger partial charge in [0.2, 0.25) is 0 Å². The highest BCUT2D eigenvalue weighted by Gasteiger charge is 2.32. The van der Waals surface area contributed by atoms with Crippen LogP contribution in [0, 0.1) is 0 Å². The Morgan fingerprint density at radius 2 is 1.89 bits per heavy atom. The molecule has 2 aliphatic rings. The molecule has 2 aliphatic heterocycles. The van der Waals surface area contributed by atoms with Crippen molar-refractivity contribution in [2.24, 2.45) is 0 Å². The van der Waals surface area contributed by atoms with Crippen LogP contribution < -0.4 is 15.5 Å². The SMILES string of the molecule is C=CCNC(=O)N1CCC(c2nc(C(=O)Nc3cc(C(F)(F)F)ccc3N3CCCC3)cs2)CC1. The number of thiazole rings is 1. The van der Waals surface area contributed by atoms with Gasteiger partial charge in [-0.3, -0.25) is 4.79 Å². The summed E-state index contributed by atoms with van der Waals surface area (Å²) in [6, 6.07) is 3.34. The van der Waals surface area contributed by atoms with Crippen molar-refractivity contribution in [1.82, 2.24) is 15.2 Å². The van der Waals surface area contributed by atoms with Crippen LogP contribution >= 0.6 is 11.3 Å². The Kier molecular flexibility index (Phi) is 7.63. The van der Waals surface area contributed by atoms with E-state index < -0.39 is 17.6 Å². The Hall–Kier alpha value is -3.08. The van der Waals surface area contributed by atoms with E-state index in [2.05, 4.69) is 22.2 Å². The normalized spacial score (nSPS) is 16.9. The molecule has 11 heteroatoms. The van der Waals surface area contributed by atoms with Crippen LogP contribution in [0.3, 0.4) is 0 Å². The molecule has 2 saturated heterocycles. The Morgan fingerprint density at radius 3 is 2.54 bits per heavy atom. The summed E-state index contributed by atoms with van der Waals surface area (Å²) in [5.41, 5.74) is 0.0982. The van der Waals surface area contributed by atoms with Gasteiger partial charge in [-0.15, -0.1) is 17.9 Å². The second-order valence-electron chi connectivity index (χ2n) is 8.69. The molecule has 2 fully saturated rings. The third-order valence-electron chi connectivity index (χ3n) is 6.30. The molecule has 2 aromatic rings. The van der Waals surface area contributed by atoms with Gasteiger partial charge in [-0.1, -0.05) is 6.08 Å². The number of nitrogens with one attached hydrogen (secondary N) is 2. The van der Waals surface area contributed by atoms with Gasteiger partial charge in [0.1, 0.15) is 5.69 Å². The number of likely N-dealkylation sites (tertiary alicyclic amines) is 1. The number of aromatic nitrogens is 1. The number of piperidine rings is 1. The number of benzene rings is 1. The van der Waals surface area contributed by atoms with Crippen molar-refractivity contribution in [3.8, 4) is 0 Å². The zero-order valence-corrected chi connectivity index (χ0v) is 20.1. The summed E-state index contributed by atoms with van der Waals surface area (Å²) in [5, 5.41) is 7.87. The number of hydrogen-bond acceptors (Lipinski definition) is 5. The fraction of sp³-hybridized carbons (Fsp3) is 0.458. The molecule has 0 bridgehead atoms. The highest BCUT2D eigenvalue weighted by molar-refractivity contribution is 7.10. The first kappa shape index (κ1) is 25.0. The molecule has 3 amide bonds. The van der Waals surface area contributed by atoms with Gasteiger partial charge < -0.3 is 20.4 Å². The summed E-state index contributed by atoms with van der Waals surface area (Å²) in [4.78, 5) is 33.3. The summed E-state index contributed by atoms with van der Waals surface area (Å²) < 4.78 is 39.9. The van der Waals surface area contributed by atoms with Crippen molar-refractivity contribution in [3.63, 3.8) is 0 Å². The van der Waals surface area contributed by atoms with Crippen LogP contribution in [0.5, 0.6) is 0 Å². The van der Waals surface area contributed by atoms with E-state index in [-0.39, 0.29) is 23.3 Å². The van der Waals surface area contributed by atoms with E-state index in [0.29, 0.717) is 25.3 Å². The Morgan fingerprint density at radius 1 is 1.17 bits per heavy atom.